The van der Waals surface area contributed by atoms with Crippen molar-refractivity contribution in [2.24, 2.45) is 0 Å². The molecule has 0 nitrogen and oxygen atoms in total. The molecule has 0 aromatic carbocycles. The van der Waals surface area contributed by atoms with Gasteiger partial charge < -0.3 is 0 Å². The Bertz CT molecular complexity index is 422. The van der Waals surface area contributed by atoms with Crippen LogP contribution in [0.5, 0.6) is 0 Å². The molecule has 0 spiro atoms. The fourth-order valence-electron chi connectivity index (χ4n) is 2.12. The molecule has 0 unspecified atom stereocenters. The van der Waals surface area contributed by atoms with E-state index in [1.54, 1.807) is 18.3 Å². The Balaban J connectivity index is 2.44. The van der Waals surface area contributed by atoms with Crippen molar-refractivity contribution in [1.82, 2.24) is 0 Å². The topological polar surface area (TPSA) is 0 Å². The quantitative estimate of drug-likeness (QED) is 0.656. The first-order chi connectivity index (χ1) is 6.21. The van der Waals surface area contributed by atoms with Crippen LogP contribution in [0.25, 0.3) is 11.1 Å². The Morgan fingerprint density at radius 2 is 1.31 bits per heavy atom. The first-order valence-corrected chi connectivity index (χ1v) is 14.8. The van der Waals surface area contributed by atoms with E-state index >= 15 is 0 Å². The van der Waals surface area contributed by atoms with Gasteiger partial charge in [0.05, 0.1) is 0 Å². The molecule has 2 aromatic heterocycles. The van der Waals surface area contributed by atoms with Crippen molar-refractivity contribution >= 4 is 48.2 Å². The predicted molar refractivity (Wildman–Crippen MR) is 64.4 cm³/mol. The Morgan fingerprint density at radius 3 is 1.77 bits per heavy atom. The predicted octanol–water partition coefficient (Wildman–Crippen LogP) is 2.61. The summed E-state index contributed by atoms with van der Waals surface area (Å²) < 4.78 is 3.44. The zero-order chi connectivity index (χ0) is 9.05. The van der Waals surface area contributed by atoms with Crippen molar-refractivity contribution in [2.75, 3.05) is 0 Å². The van der Waals surface area contributed by atoms with E-state index in [0.717, 1.165) is 0 Å². The molecule has 1 aliphatic heterocycles. The summed E-state index contributed by atoms with van der Waals surface area (Å²) in [4.78, 5) is 5.05. The zero-order valence-electron chi connectivity index (χ0n) is 7.63. The van der Waals surface area contributed by atoms with Gasteiger partial charge in [0.25, 0.3) is 0 Å². The summed E-state index contributed by atoms with van der Waals surface area (Å²) >= 11 is 1.71. The fourth-order valence-corrected chi connectivity index (χ4v) is 16.8. The Hall–Kier alpha value is 0.199. The molecule has 13 heavy (non-hydrogen) atoms. The number of hydrogen-bond acceptors (Lipinski definition) is 2. The van der Waals surface area contributed by atoms with E-state index in [1.807, 2.05) is 22.7 Å². The molecule has 0 radical (unpaired) electrons. The molecule has 1 aliphatic rings. The SMILES string of the molecule is [CH3][Sn]1([CH3])[c]2cscc2-c2csc[c]21. The monoisotopic (exact) mass is 314 g/mol. The van der Waals surface area contributed by atoms with Gasteiger partial charge in [-0.3, -0.25) is 0 Å². The van der Waals surface area contributed by atoms with Crippen LogP contribution in [-0.4, -0.2) is 18.4 Å². The molecule has 0 atom stereocenters. The molecular formula is C10H10S2Sn. The molecule has 0 saturated heterocycles. The van der Waals surface area contributed by atoms with E-state index in [1.165, 1.54) is 0 Å². The molecule has 0 amide bonds. The summed E-state index contributed by atoms with van der Waals surface area (Å²) in [6.45, 7) is 0. The third-order valence-corrected chi connectivity index (χ3v) is 15.7. The molecule has 66 valence electrons. The van der Waals surface area contributed by atoms with Gasteiger partial charge in [-0.1, -0.05) is 0 Å². The van der Waals surface area contributed by atoms with Crippen molar-refractivity contribution in [2.45, 2.75) is 9.88 Å². The second kappa shape index (κ2) is 2.61. The first kappa shape index (κ1) is 8.50. The van der Waals surface area contributed by atoms with Gasteiger partial charge in [0.2, 0.25) is 0 Å². The average molecular weight is 313 g/mol. The van der Waals surface area contributed by atoms with Crippen molar-refractivity contribution in [1.29, 1.82) is 0 Å². The van der Waals surface area contributed by atoms with Crippen molar-refractivity contribution in [3.8, 4) is 11.1 Å². The molecular weight excluding hydrogens is 303 g/mol. The van der Waals surface area contributed by atoms with E-state index in [9.17, 15) is 0 Å². The van der Waals surface area contributed by atoms with Crippen LogP contribution < -0.4 is 7.16 Å². The van der Waals surface area contributed by atoms with Gasteiger partial charge in [-0.15, -0.1) is 0 Å². The van der Waals surface area contributed by atoms with Crippen LogP contribution in [0.15, 0.2) is 21.5 Å². The summed E-state index contributed by atoms with van der Waals surface area (Å²) in [7, 11) is 0. The van der Waals surface area contributed by atoms with Crippen LogP contribution in [0, 0.1) is 0 Å². The average Bonchev–Trinajstić information content (AvgIpc) is 2.74. The van der Waals surface area contributed by atoms with Crippen LogP contribution in [-0.2, 0) is 0 Å². The molecule has 3 heterocycles. The van der Waals surface area contributed by atoms with Gasteiger partial charge in [0, 0.05) is 0 Å². The van der Waals surface area contributed by atoms with Gasteiger partial charge >= 0.3 is 90.7 Å². The first-order valence-electron chi connectivity index (χ1n) is 4.35. The second-order valence-electron chi connectivity index (χ2n) is 4.02. The van der Waals surface area contributed by atoms with Crippen LogP contribution in [0.1, 0.15) is 0 Å². The maximum atomic E-state index is 2.53. The molecule has 3 heteroatoms. The Morgan fingerprint density at radius 1 is 0.846 bits per heavy atom. The fraction of sp³-hybridized carbons (Fsp3) is 0.200. The minimum atomic E-state index is -2.02. The molecule has 3 rings (SSSR count). The van der Waals surface area contributed by atoms with Crippen molar-refractivity contribution in [3.05, 3.63) is 21.5 Å². The van der Waals surface area contributed by atoms with Gasteiger partial charge in [-0.2, -0.15) is 0 Å². The molecule has 0 fully saturated rings. The van der Waals surface area contributed by atoms with E-state index in [2.05, 4.69) is 31.4 Å². The van der Waals surface area contributed by atoms with Gasteiger partial charge in [0.1, 0.15) is 0 Å². The molecule has 0 aliphatic carbocycles. The number of thiophene rings is 2. The van der Waals surface area contributed by atoms with E-state index in [4.69, 9.17) is 0 Å². The van der Waals surface area contributed by atoms with Gasteiger partial charge in [-0.25, -0.2) is 0 Å². The molecule has 0 saturated carbocycles. The van der Waals surface area contributed by atoms with Gasteiger partial charge in [-0.05, 0) is 0 Å². The Labute approximate surface area is 90.1 Å². The minimum absolute atomic E-state index is 1.56. The summed E-state index contributed by atoms with van der Waals surface area (Å²) in [6.07, 6.45) is 0. The third kappa shape index (κ3) is 0.968. The number of hydrogen-bond donors (Lipinski definition) is 0. The molecule has 2 aromatic rings. The normalized spacial score (nSPS) is 17.1. The van der Waals surface area contributed by atoms with Gasteiger partial charge in [0.15, 0.2) is 0 Å². The summed E-state index contributed by atoms with van der Waals surface area (Å²) in [5.74, 6) is 0. The van der Waals surface area contributed by atoms with Crippen LogP contribution in [0.3, 0.4) is 0 Å². The molecule has 0 bridgehead atoms. The van der Waals surface area contributed by atoms with Crippen LogP contribution in [0.4, 0.5) is 0 Å². The van der Waals surface area contributed by atoms with E-state index in [-0.39, 0.29) is 0 Å². The van der Waals surface area contributed by atoms with E-state index < -0.39 is 18.4 Å². The second-order valence-corrected chi connectivity index (χ2v) is 17.9. The summed E-state index contributed by atoms with van der Waals surface area (Å²) in [5, 5.41) is 9.42. The van der Waals surface area contributed by atoms with Crippen LogP contribution >= 0.6 is 22.7 Å². The standard InChI is InChI=1S/C8H4S2.2CH3.Sn/c1-3-9-5-7(1)8-2-4-10-6-8;;;/h3-6H;2*1H3;. The summed E-state index contributed by atoms with van der Waals surface area (Å²) in [6, 6.07) is 0. The Kier molecular flexibility index (Phi) is 1.71. The zero-order valence-corrected chi connectivity index (χ0v) is 12.1. The summed E-state index contributed by atoms with van der Waals surface area (Å²) in [5.41, 5.74) is 3.11. The van der Waals surface area contributed by atoms with Crippen molar-refractivity contribution in [3.63, 3.8) is 0 Å². The number of fused-ring (bicyclic) bond motifs is 3. The van der Waals surface area contributed by atoms with E-state index in [0.29, 0.717) is 0 Å². The van der Waals surface area contributed by atoms with Crippen LogP contribution in [0.2, 0.25) is 9.88 Å². The van der Waals surface area contributed by atoms with Crippen molar-refractivity contribution < 1.29 is 0 Å². The maximum absolute atomic E-state index is 2.53. The molecule has 0 N–H and O–H groups in total. The number of rotatable bonds is 0. The third-order valence-electron chi connectivity index (χ3n) is 2.96.